The van der Waals surface area contributed by atoms with Crippen LogP contribution in [0.15, 0.2) is 78.0 Å². The van der Waals surface area contributed by atoms with Crippen molar-refractivity contribution in [2.75, 3.05) is 19.4 Å². The zero-order valence-corrected chi connectivity index (χ0v) is 17.6. The van der Waals surface area contributed by atoms with Gasteiger partial charge in [0, 0.05) is 30.7 Å². The first-order chi connectivity index (χ1) is 14.1. The molecule has 0 bridgehead atoms. The van der Waals surface area contributed by atoms with Gasteiger partial charge in [-0.3, -0.25) is 0 Å². The van der Waals surface area contributed by atoms with Crippen LogP contribution in [0.3, 0.4) is 0 Å². The summed E-state index contributed by atoms with van der Waals surface area (Å²) in [5.74, 6) is 0.798. The quantitative estimate of drug-likeness (QED) is 0.530. The number of anilines is 1. The summed E-state index contributed by atoms with van der Waals surface area (Å²) in [6.45, 7) is 1.33. The molecule has 2 aromatic carbocycles. The predicted octanol–water partition coefficient (Wildman–Crippen LogP) is 4.76. The highest BCUT2D eigenvalue weighted by Crippen LogP contribution is 2.22. The summed E-state index contributed by atoms with van der Waals surface area (Å²) in [6.07, 6.45) is 1.79. The van der Waals surface area contributed by atoms with E-state index in [1.54, 1.807) is 18.0 Å². The number of carbonyl (C=O) groups excluding carboxylic acids is 1. The second-order valence-electron chi connectivity index (χ2n) is 6.97. The summed E-state index contributed by atoms with van der Waals surface area (Å²) in [5, 5.41) is 6.87. The molecule has 150 valence electrons. The average molecular weight is 407 g/mol. The van der Waals surface area contributed by atoms with Crippen molar-refractivity contribution in [2.24, 2.45) is 0 Å². The highest BCUT2D eigenvalue weighted by atomic mass is 32.2. The van der Waals surface area contributed by atoms with Gasteiger partial charge < -0.3 is 15.5 Å². The zero-order valence-electron chi connectivity index (χ0n) is 16.8. The Hall–Kier alpha value is -2.83. The maximum Gasteiger partial charge on any atom is 0.319 e. The SMILES string of the molecule is CN(C)Cc1ccccc1CNC(=O)Nc1cccc(CSc2ccccn2)c1. The molecule has 0 atom stereocenters. The first-order valence-corrected chi connectivity index (χ1v) is 10.5. The van der Waals surface area contributed by atoms with Crippen LogP contribution in [-0.4, -0.2) is 30.0 Å². The van der Waals surface area contributed by atoms with Crippen LogP contribution in [0.4, 0.5) is 10.5 Å². The van der Waals surface area contributed by atoms with Crippen molar-refractivity contribution in [2.45, 2.75) is 23.9 Å². The van der Waals surface area contributed by atoms with Gasteiger partial charge in [0.1, 0.15) is 0 Å². The highest BCUT2D eigenvalue weighted by Gasteiger charge is 2.07. The Balaban J connectivity index is 1.53. The molecular weight excluding hydrogens is 380 g/mol. The van der Waals surface area contributed by atoms with Crippen molar-refractivity contribution >= 4 is 23.5 Å². The smallest absolute Gasteiger partial charge is 0.319 e. The number of amides is 2. The van der Waals surface area contributed by atoms with Gasteiger partial charge in [-0.1, -0.05) is 42.5 Å². The fourth-order valence-corrected chi connectivity index (χ4v) is 3.71. The number of nitrogens with zero attached hydrogens (tertiary/aromatic N) is 2. The molecule has 0 spiro atoms. The van der Waals surface area contributed by atoms with Crippen molar-refractivity contribution in [3.8, 4) is 0 Å². The van der Waals surface area contributed by atoms with Crippen LogP contribution in [0.1, 0.15) is 16.7 Å². The monoisotopic (exact) mass is 406 g/mol. The van der Waals surface area contributed by atoms with Crippen molar-refractivity contribution in [3.63, 3.8) is 0 Å². The Morgan fingerprint density at radius 2 is 1.79 bits per heavy atom. The van der Waals surface area contributed by atoms with Crippen LogP contribution in [0, 0.1) is 0 Å². The maximum absolute atomic E-state index is 12.4. The molecule has 6 heteroatoms. The molecule has 0 saturated heterocycles. The Morgan fingerprint density at radius 3 is 2.55 bits per heavy atom. The number of carbonyl (C=O) groups is 1. The van der Waals surface area contributed by atoms with Crippen LogP contribution in [0.25, 0.3) is 0 Å². The number of benzene rings is 2. The minimum Gasteiger partial charge on any atom is -0.334 e. The number of thioether (sulfide) groups is 1. The lowest BCUT2D eigenvalue weighted by atomic mass is 10.1. The van der Waals surface area contributed by atoms with Gasteiger partial charge in [0.15, 0.2) is 0 Å². The molecule has 0 radical (unpaired) electrons. The van der Waals surface area contributed by atoms with E-state index in [2.05, 4.69) is 38.7 Å². The number of pyridine rings is 1. The number of rotatable bonds is 8. The van der Waals surface area contributed by atoms with E-state index in [1.807, 2.05) is 62.6 Å². The number of hydrogen-bond donors (Lipinski definition) is 2. The van der Waals surface area contributed by atoms with Crippen molar-refractivity contribution < 1.29 is 4.79 Å². The molecule has 3 aromatic rings. The molecule has 0 fully saturated rings. The van der Waals surface area contributed by atoms with Crippen molar-refractivity contribution in [3.05, 3.63) is 89.6 Å². The number of urea groups is 1. The molecule has 0 aliphatic carbocycles. The molecule has 0 aliphatic rings. The topological polar surface area (TPSA) is 57.3 Å². The van der Waals surface area contributed by atoms with E-state index in [1.165, 1.54) is 5.56 Å². The van der Waals surface area contributed by atoms with Gasteiger partial charge in [-0.25, -0.2) is 9.78 Å². The summed E-state index contributed by atoms with van der Waals surface area (Å²) in [4.78, 5) is 18.8. The molecule has 2 N–H and O–H groups in total. The molecule has 1 heterocycles. The Bertz CT molecular complexity index is 931. The predicted molar refractivity (Wildman–Crippen MR) is 120 cm³/mol. The lowest BCUT2D eigenvalue weighted by Crippen LogP contribution is -2.28. The molecule has 2 amide bonds. The molecule has 0 saturated carbocycles. The lowest BCUT2D eigenvalue weighted by molar-refractivity contribution is 0.251. The third-order valence-corrected chi connectivity index (χ3v) is 5.27. The zero-order chi connectivity index (χ0) is 20.5. The second-order valence-corrected chi connectivity index (χ2v) is 7.97. The van der Waals surface area contributed by atoms with Crippen LogP contribution in [0.2, 0.25) is 0 Å². The second kappa shape index (κ2) is 10.6. The fourth-order valence-electron chi connectivity index (χ4n) is 2.90. The normalized spacial score (nSPS) is 10.7. The summed E-state index contributed by atoms with van der Waals surface area (Å²) in [7, 11) is 4.08. The largest absolute Gasteiger partial charge is 0.334 e. The van der Waals surface area contributed by atoms with Crippen LogP contribution in [0.5, 0.6) is 0 Å². The van der Waals surface area contributed by atoms with Gasteiger partial charge in [-0.15, -0.1) is 11.8 Å². The minimum absolute atomic E-state index is 0.209. The number of nitrogens with one attached hydrogen (secondary N) is 2. The van der Waals surface area contributed by atoms with Crippen LogP contribution >= 0.6 is 11.8 Å². The van der Waals surface area contributed by atoms with E-state index in [0.29, 0.717) is 6.54 Å². The molecule has 1 aromatic heterocycles. The summed E-state index contributed by atoms with van der Waals surface area (Å²) in [6, 6.07) is 21.7. The van der Waals surface area contributed by atoms with Gasteiger partial charge >= 0.3 is 6.03 Å². The van der Waals surface area contributed by atoms with Gasteiger partial charge in [0.25, 0.3) is 0 Å². The van der Waals surface area contributed by atoms with E-state index < -0.39 is 0 Å². The number of hydrogen-bond acceptors (Lipinski definition) is 4. The van der Waals surface area contributed by atoms with Crippen LogP contribution < -0.4 is 10.6 Å². The third kappa shape index (κ3) is 6.93. The van der Waals surface area contributed by atoms with E-state index >= 15 is 0 Å². The van der Waals surface area contributed by atoms with Crippen molar-refractivity contribution in [1.29, 1.82) is 0 Å². The first kappa shape index (κ1) is 20.9. The summed E-state index contributed by atoms with van der Waals surface area (Å²) in [5.41, 5.74) is 4.25. The first-order valence-electron chi connectivity index (χ1n) is 9.49. The Kier molecular flexibility index (Phi) is 7.67. The molecule has 0 aliphatic heterocycles. The molecule has 3 rings (SSSR count). The van der Waals surface area contributed by atoms with Crippen LogP contribution in [-0.2, 0) is 18.8 Å². The molecule has 5 nitrogen and oxygen atoms in total. The highest BCUT2D eigenvalue weighted by molar-refractivity contribution is 7.98. The Morgan fingerprint density at radius 1 is 1.00 bits per heavy atom. The van der Waals surface area contributed by atoms with E-state index in [9.17, 15) is 4.79 Å². The van der Waals surface area contributed by atoms with Gasteiger partial charge in [-0.2, -0.15) is 0 Å². The summed E-state index contributed by atoms with van der Waals surface area (Å²) < 4.78 is 0. The minimum atomic E-state index is -0.209. The maximum atomic E-state index is 12.4. The van der Waals surface area contributed by atoms with E-state index in [4.69, 9.17) is 0 Å². The van der Waals surface area contributed by atoms with Gasteiger partial charge in [0.05, 0.1) is 5.03 Å². The lowest BCUT2D eigenvalue weighted by Gasteiger charge is -2.15. The standard InChI is InChI=1S/C23H26N4OS/c1-27(2)16-20-10-4-3-9-19(20)15-25-23(28)26-21-11-7-8-18(14-21)17-29-22-12-5-6-13-24-22/h3-14H,15-17H2,1-2H3,(H2,25,26,28). The van der Waals surface area contributed by atoms with Gasteiger partial charge in [0.2, 0.25) is 0 Å². The fraction of sp³-hybridized carbons (Fsp3) is 0.217. The molecular formula is C23H26N4OS. The third-order valence-electron chi connectivity index (χ3n) is 4.25. The van der Waals surface area contributed by atoms with E-state index in [0.717, 1.165) is 34.1 Å². The summed E-state index contributed by atoms with van der Waals surface area (Å²) >= 11 is 1.67. The molecule has 29 heavy (non-hydrogen) atoms. The van der Waals surface area contributed by atoms with Crippen molar-refractivity contribution in [1.82, 2.24) is 15.2 Å². The molecule has 0 unspecified atom stereocenters. The Labute approximate surface area is 176 Å². The average Bonchev–Trinajstić information content (AvgIpc) is 2.72. The van der Waals surface area contributed by atoms with E-state index in [-0.39, 0.29) is 6.03 Å². The van der Waals surface area contributed by atoms with Gasteiger partial charge in [-0.05, 0) is 55.1 Å². The number of aromatic nitrogens is 1.